The molecule has 3 N–H and O–H groups in total. The molecule has 0 aliphatic carbocycles. The Balaban J connectivity index is 1.90. The molecule has 1 fully saturated rings. The van der Waals surface area contributed by atoms with Crippen LogP contribution in [0.15, 0.2) is 60.7 Å². The first-order valence-corrected chi connectivity index (χ1v) is 12.2. The van der Waals surface area contributed by atoms with Gasteiger partial charge in [0.15, 0.2) is 18.5 Å². The number of unbranched alkanes of at least 4 members (excludes halogenated alkanes) is 2. The molecule has 0 bridgehead atoms. The summed E-state index contributed by atoms with van der Waals surface area (Å²) in [5.74, 6) is -1.86. The highest BCUT2D eigenvalue weighted by molar-refractivity contribution is 5.90. The van der Waals surface area contributed by atoms with Crippen molar-refractivity contribution >= 4 is 17.8 Å². The van der Waals surface area contributed by atoms with E-state index in [0.29, 0.717) is 19.3 Å². The molecule has 5 atom stereocenters. The molecule has 0 aromatic heterocycles. The fourth-order valence-electron chi connectivity index (χ4n) is 3.99. The SMILES string of the molecule is CC(=O)NC1C(OC(=O)c2ccccc2)[C@@H](OC(=O)c2ccccc2)C(CO)O[C@H]1OCCCCCO. The molecule has 3 rings (SSSR count). The Morgan fingerprint density at radius 2 is 1.41 bits per heavy atom. The number of esters is 2. The fraction of sp³-hybridized carbons (Fsp3) is 0.444. The second kappa shape index (κ2) is 14.4. The third kappa shape index (κ3) is 8.09. The average Bonchev–Trinajstić information content (AvgIpc) is 2.91. The van der Waals surface area contributed by atoms with Crippen molar-refractivity contribution in [2.24, 2.45) is 0 Å². The van der Waals surface area contributed by atoms with Crippen LogP contribution >= 0.6 is 0 Å². The van der Waals surface area contributed by atoms with Crippen molar-refractivity contribution in [2.75, 3.05) is 19.8 Å². The zero-order chi connectivity index (χ0) is 26.6. The number of aliphatic hydroxyl groups is 2. The van der Waals surface area contributed by atoms with E-state index in [4.69, 9.17) is 24.1 Å². The van der Waals surface area contributed by atoms with Gasteiger partial charge in [-0.15, -0.1) is 0 Å². The minimum atomic E-state index is -1.25. The second-order valence-electron chi connectivity index (χ2n) is 8.58. The highest BCUT2D eigenvalue weighted by atomic mass is 16.7. The van der Waals surface area contributed by atoms with Gasteiger partial charge in [0.05, 0.1) is 17.7 Å². The van der Waals surface area contributed by atoms with E-state index < -0.39 is 55.1 Å². The number of aliphatic hydroxyl groups excluding tert-OH is 2. The number of hydrogen-bond acceptors (Lipinski definition) is 9. The van der Waals surface area contributed by atoms with Crippen LogP contribution in [-0.4, -0.2) is 78.5 Å². The van der Waals surface area contributed by atoms with Gasteiger partial charge in [-0.25, -0.2) is 9.59 Å². The molecule has 37 heavy (non-hydrogen) atoms. The zero-order valence-corrected chi connectivity index (χ0v) is 20.7. The highest BCUT2D eigenvalue weighted by Gasteiger charge is 2.51. The number of hydrogen-bond donors (Lipinski definition) is 3. The Hall–Kier alpha value is -3.31. The van der Waals surface area contributed by atoms with Crippen LogP contribution < -0.4 is 5.32 Å². The summed E-state index contributed by atoms with van der Waals surface area (Å²) < 4.78 is 23.3. The first kappa shape index (κ1) is 28.3. The van der Waals surface area contributed by atoms with Gasteiger partial charge in [0, 0.05) is 20.1 Å². The smallest absolute Gasteiger partial charge is 0.338 e. The molecule has 1 heterocycles. The van der Waals surface area contributed by atoms with Crippen molar-refractivity contribution in [3.8, 4) is 0 Å². The van der Waals surface area contributed by atoms with E-state index in [2.05, 4.69) is 5.32 Å². The van der Waals surface area contributed by atoms with Gasteiger partial charge in [-0.1, -0.05) is 36.4 Å². The van der Waals surface area contributed by atoms with Crippen molar-refractivity contribution < 1.29 is 43.5 Å². The van der Waals surface area contributed by atoms with E-state index in [9.17, 15) is 19.5 Å². The van der Waals surface area contributed by atoms with Gasteiger partial charge in [0.1, 0.15) is 12.1 Å². The van der Waals surface area contributed by atoms with Gasteiger partial charge in [-0.2, -0.15) is 0 Å². The summed E-state index contributed by atoms with van der Waals surface area (Å²) in [6.45, 7) is 1.01. The maximum atomic E-state index is 13.0. The molecule has 10 heteroatoms. The van der Waals surface area contributed by atoms with Crippen LogP contribution in [0.2, 0.25) is 0 Å². The lowest BCUT2D eigenvalue weighted by Crippen LogP contribution is -2.66. The Labute approximate surface area is 215 Å². The predicted octanol–water partition coefficient (Wildman–Crippen LogP) is 1.84. The maximum Gasteiger partial charge on any atom is 0.338 e. The van der Waals surface area contributed by atoms with E-state index in [1.165, 1.54) is 6.92 Å². The first-order chi connectivity index (χ1) is 17.9. The standard InChI is InChI=1S/C27H33NO9/c1-18(31)28-22-24(37-26(33)20-13-7-3-8-14-20)23(36-25(32)19-11-5-2-6-12-19)21(17-30)35-27(22)34-16-10-4-9-15-29/h2-3,5-8,11-14,21-24,27,29-30H,4,9-10,15-17H2,1H3,(H,28,31)/t21?,22?,23-,24?,27+/m0/s1. The first-order valence-electron chi connectivity index (χ1n) is 12.2. The topological polar surface area (TPSA) is 141 Å². The van der Waals surface area contributed by atoms with Crippen LogP contribution in [0.3, 0.4) is 0 Å². The van der Waals surface area contributed by atoms with E-state index in [1.54, 1.807) is 60.7 Å². The third-order valence-corrected chi connectivity index (χ3v) is 5.79. The molecule has 3 unspecified atom stereocenters. The van der Waals surface area contributed by atoms with Crippen LogP contribution in [0.4, 0.5) is 0 Å². The molecule has 1 amide bonds. The van der Waals surface area contributed by atoms with Crippen LogP contribution in [0.25, 0.3) is 0 Å². The Bertz CT molecular complexity index is 1000. The van der Waals surface area contributed by atoms with Crippen LogP contribution in [0, 0.1) is 0 Å². The molecule has 1 aliphatic heterocycles. The second-order valence-corrected chi connectivity index (χ2v) is 8.58. The number of carbonyl (C=O) groups excluding carboxylic acids is 3. The number of carbonyl (C=O) groups is 3. The number of rotatable bonds is 12. The van der Waals surface area contributed by atoms with Crippen molar-refractivity contribution in [1.29, 1.82) is 0 Å². The lowest BCUT2D eigenvalue weighted by atomic mass is 9.95. The number of ether oxygens (including phenoxy) is 4. The average molecular weight is 516 g/mol. The van der Waals surface area contributed by atoms with Crippen molar-refractivity contribution in [3.05, 3.63) is 71.8 Å². The summed E-state index contributed by atoms with van der Waals surface area (Å²) in [4.78, 5) is 38.1. The van der Waals surface area contributed by atoms with Gasteiger partial charge >= 0.3 is 11.9 Å². The molecule has 2 aromatic rings. The lowest BCUT2D eigenvalue weighted by molar-refractivity contribution is -0.269. The Kier molecular flexibility index (Phi) is 11.0. The number of nitrogens with one attached hydrogen (secondary N) is 1. The highest BCUT2D eigenvalue weighted by Crippen LogP contribution is 2.29. The van der Waals surface area contributed by atoms with Gasteiger partial charge in [-0.05, 0) is 43.5 Å². The number of benzene rings is 2. The molecule has 1 aliphatic rings. The molecule has 10 nitrogen and oxygen atoms in total. The van der Waals surface area contributed by atoms with Crippen molar-refractivity contribution in [3.63, 3.8) is 0 Å². The van der Waals surface area contributed by atoms with Crippen LogP contribution in [0.1, 0.15) is 46.9 Å². The quantitative estimate of drug-likeness (QED) is 0.285. The largest absolute Gasteiger partial charge is 0.452 e. The molecule has 200 valence electrons. The Morgan fingerprint density at radius 1 is 0.838 bits per heavy atom. The van der Waals surface area contributed by atoms with Crippen LogP contribution in [-0.2, 0) is 23.7 Å². The lowest BCUT2D eigenvalue weighted by Gasteiger charge is -2.45. The zero-order valence-electron chi connectivity index (χ0n) is 20.7. The van der Waals surface area contributed by atoms with Crippen molar-refractivity contribution in [1.82, 2.24) is 5.32 Å². The van der Waals surface area contributed by atoms with Gasteiger partial charge in [0.2, 0.25) is 5.91 Å². The Morgan fingerprint density at radius 3 is 1.92 bits per heavy atom. The van der Waals surface area contributed by atoms with Crippen molar-refractivity contribution in [2.45, 2.75) is 56.8 Å². The summed E-state index contributed by atoms with van der Waals surface area (Å²) >= 11 is 0. The summed E-state index contributed by atoms with van der Waals surface area (Å²) in [6, 6.07) is 15.4. The van der Waals surface area contributed by atoms with E-state index in [-0.39, 0.29) is 24.3 Å². The summed E-state index contributed by atoms with van der Waals surface area (Å²) in [7, 11) is 0. The minimum Gasteiger partial charge on any atom is -0.452 e. The molecular formula is C27H33NO9. The molecule has 1 saturated heterocycles. The summed E-state index contributed by atoms with van der Waals surface area (Å²) in [6.07, 6.45) is -2.77. The number of amides is 1. The summed E-state index contributed by atoms with van der Waals surface area (Å²) in [5.41, 5.74) is 0.511. The van der Waals surface area contributed by atoms with E-state index >= 15 is 0 Å². The molecule has 0 spiro atoms. The maximum absolute atomic E-state index is 13.0. The molecule has 0 saturated carbocycles. The van der Waals surface area contributed by atoms with Gasteiger partial charge in [0.25, 0.3) is 0 Å². The fourth-order valence-corrected chi connectivity index (χ4v) is 3.99. The minimum absolute atomic E-state index is 0.0625. The third-order valence-electron chi connectivity index (χ3n) is 5.79. The van der Waals surface area contributed by atoms with Crippen LogP contribution in [0.5, 0.6) is 0 Å². The van der Waals surface area contributed by atoms with Gasteiger partial charge in [-0.3, -0.25) is 4.79 Å². The summed E-state index contributed by atoms with van der Waals surface area (Å²) in [5, 5.41) is 21.8. The normalized spacial score (nSPS) is 23.2. The monoisotopic (exact) mass is 515 g/mol. The molecular weight excluding hydrogens is 482 g/mol. The molecule has 0 radical (unpaired) electrons. The van der Waals surface area contributed by atoms with E-state index in [0.717, 1.165) is 0 Å². The van der Waals surface area contributed by atoms with E-state index in [1.807, 2.05) is 0 Å². The molecule has 2 aromatic carbocycles. The van der Waals surface area contributed by atoms with Gasteiger partial charge < -0.3 is 34.5 Å². The predicted molar refractivity (Wildman–Crippen MR) is 132 cm³/mol.